The number of hydrogen-bond acceptors (Lipinski definition) is 5. The first-order valence-electron chi connectivity index (χ1n) is 8.83. The lowest BCUT2D eigenvalue weighted by Crippen LogP contribution is -2.49. The van der Waals surface area contributed by atoms with Gasteiger partial charge in [0, 0.05) is 48.3 Å². The molecule has 0 radical (unpaired) electrons. The van der Waals surface area contributed by atoms with E-state index in [2.05, 4.69) is 48.9 Å². The number of hydrogen-bond donors (Lipinski definition) is 1. The van der Waals surface area contributed by atoms with Gasteiger partial charge >= 0.3 is 0 Å². The first kappa shape index (κ1) is 16.3. The highest BCUT2D eigenvalue weighted by Gasteiger charge is 2.30. The van der Waals surface area contributed by atoms with Gasteiger partial charge in [-0.05, 0) is 54.7 Å². The van der Waals surface area contributed by atoms with Crippen LogP contribution in [0.4, 0.5) is 5.82 Å². The third-order valence-electron chi connectivity index (χ3n) is 5.73. The smallest absolute Gasteiger partial charge is 0.152 e. The summed E-state index contributed by atoms with van der Waals surface area (Å²) in [5.74, 6) is 1.09. The first-order valence-corrected chi connectivity index (χ1v) is 9.63. The molecular weight excluding hydrogens is 368 g/mol. The van der Waals surface area contributed by atoms with E-state index in [9.17, 15) is 0 Å². The Labute approximate surface area is 151 Å². The highest BCUT2D eigenvalue weighted by molar-refractivity contribution is 9.10. The van der Waals surface area contributed by atoms with E-state index in [0.717, 1.165) is 16.0 Å². The largest absolute Gasteiger partial charge is 0.382 e. The fourth-order valence-electron chi connectivity index (χ4n) is 4.26. The quantitative estimate of drug-likeness (QED) is 0.849. The van der Waals surface area contributed by atoms with Gasteiger partial charge in [-0.1, -0.05) is 0 Å². The van der Waals surface area contributed by atoms with Crippen LogP contribution >= 0.6 is 15.9 Å². The summed E-state index contributed by atoms with van der Waals surface area (Å²) >= 11 is 3.62. The average Bonchev–Trinajstić information content (AvgIpc) is 2.94. The first-order chi connectivity index (χ1) is 11.6. The number of nitrogens with zero attached hydrogens (tertiary/aromatic N) is 5. The summed E-state index contributed by atoms with van der Waals surface area (Å²) in [5, 5.41) is 4.43. The minimum atomic E-state index is 0.536. The lowest BCUT2D eigenvalue weighted by molar-refractivity contribution is 0.0874. The van der Waals surface area contributed by atoms with E-state index in [0.29, 0.717) is 11.7 Å². The van der Waals surface area contributed by atoms with Crippen molar-refractivity contribution in [2.75, 3.05) is 39.0 Å². The number of likely N-dealkylation sites (N-methyl/N-ethyl adjacent to an activating group) is 1. The molecule has 1 aliphatic heterocycles. The molecule has 0 spiro atoms. The van der Waals surface area contributed by atoms with E-state index in [1.165, 1.54) is 57.6 Å². The van der Waals surface area contributed by atoms with Crippen LogP contribution < -0.4 is 5.73 Å². The second kappa shape index (κ2) is 6.61. The van der Waals surface area contributed by atoms with E-state index in [-0.39, 0.29) is 0 Å². The van der Waals surface area contributed by atoms with Crippen LogP contribution in [-0.2, 0) is 0 Å². The Bertz CT molecular complexity index is 713. The molecule has 4 rings (SSSR count). The molecular formula is C17H25BrN6. The molecule has 2 aliphatic rings. The lowest BCUT2D eigenvalue weighted by atomic mass is 9.83. The van der Waals surface area contributed by atoms with Gasteiger partial charge in [-0.25, -0.2) is 9.50 Å². The highest BCUT2D eigenvalue weighted by atomic mass is 79.9. The fourth-order valence-corrected chi connectivity index (χ4v) is 4.87. The SMILES string of the molecule is CN1CCN([C@H]2CC[C@@H](c3cc(Br)c4c(N)ncnn43)CC2)CC1. The van der Waals surface area contributed by atoms with Crippen molar-refractivity contribution in [3.05, 3.63) is 22.6 Å². The monoisotopic (exact) mass is 392 g/mol. The molecule has 1 saturated heterocycles. The molecule has 1 saturated carbocycles. The van der Waals surface area contributed by atoms with E-state index in [4.69, 9.17) is 5.73 Å². The van der Waals surface area contributed by atoms with Crippen LogP contribution in [0.15, 0.2) is 16.9 Å². The van der Waals surface area contributed by atoms with Gasteiger partial charge in [0.15, 0.2) is 5.82 Å². The van der Waals surface area contributed by atoms with Crippen LogP contribution in [0.2, 0.25) is 0 Å². The standard InChI is InChI=1S/C17H25BrN6/c1-22-6-8-23(9-7-22)13-4-2-12(3-5-13)15-10-14(18)16-17(19)20-11-21-24(15)16/h10-13H,2-9H2,1H3,(H2,19,20,21)/t12-,13+. The van der Waals surface area contributed by atoms with Crippen molar-refractivity contribution in [1.82, 2.24) is 24.4 Å². The molecule has 1 aliphatic carbocycles. The number of nitrogen functional groups attached to an aromatic ring is 1. The van der Waals surface area contributed by atoms with Crippen LogP contribution in [0, 0.1) is 0 Å². The Morgan fingerprint density at radius 1 is 1.12 bits per heavy atom. The highest BCUT2D eigenvalue weighted by Crippen LogP contribution is 2.38. The molecule has 3 heterocycles. The van der Waals surface area contributed by atoms with Gasteiger partial charge in [-0.15, -0.1) is 0 Å². The molecule has 2 aromatic rings. The summed E-state index contributed by atoms with van der Waals surface area (Å²) in [5.41, 5.74) is 8.18. The van der Waals surface area contributed by atoms with Gasteiger partial charge in [0.05, 0.1) is 0 Å². The summed E-state index contributed by atoms with van der Waals surface area (Å²) in [6, 6.07) is 2.94. The van der Waals surface area contributed by atoms with Crippen LogP contribution in [0.25, 0.3) is 5.52 Å². The molecule has 2 aromatic heterocycles. The molecule has 2 fully saturated rings. The number of halogens is 1. The van der Waals surface area contributed by atoms with Crippen molar-refractivity contribution in [1.29, 1.82) is 0 Å². The minimum absolute atomic E-state index is 0.536. The zero-order chi connectivity index (χ0) is 16.7. The maximum absolute atomic E-state index is 6.02. The van der Waals surface area contributed by atoms with Gasteiger partial charge in [0.1, 0.15) is 11.8 Å². The minimum Gasteiger partial charge on any atom is -0.382 e. The van der Waals surface area contributed by atoms with E-state index < -0.39 is 0 Å². The van der Waals surface area contributed by atoms with Crippen molar-refractivity contribution in [2.24, 2.45) is 0 Å². The summed E-state index contributed by atoms with van der Waals surface area (Å²) in [7, 11) is 2.22. The third kappa shape index (κ3) is 2.93. The number of fused-ring (bicyclic) bond motifs is 1. The molecule has 6 nitrogen and oxygen atoms in total. The average molecular weight is 393 g/mol. The van der Waals surface area contributed by atoms with Gasteiger partial charge in [-0.2, -0.15) is 5.10 Å². The van der Waals surface area contributed by atoms with Crippen molar-refractivity contribution in [2.45, 2.75) is 37.6 Å². The van der Waals surface area contributed by atoms with Gasteiger partial charge in [-0.3, -0.25) is 4.90 Å². The second-order valence-electron chi connectivity index (χ2n) is 7.17. The number of anilines is 1. The summed E-state index contributed by atoms with van der Waals surface area (Å²) < 4.78 is 2.98. The summed E-state index contributed by atoms with van der Waals surface area (Å²) in [6.07, 6.45) is 6.55. The molecule has 24 heavy (non-hydrogen) atoms. The van der Waals surface area contributed by atoms with E-state index >= 15 is 0 Å². The molecule has 7 heteroatoms. The molecule has 0 aromatic carbocycles. The van der Waals surface area contributed by atoms with E-state index in [1.54, 1.807) is 6.33 Å². The van der Waals surface area contributed by atoms with Crippen LogP contribution in [0.3, 0.4) is 0 Å². The zero-order valence-electron chi connectivity index (χ0n) is 14.2. The Balaban J connectivity index is 1.47. The predicted molar refractivity (Wildman–Crippen MR) is 99.2 cm³/mol. The van der Waals surface area contributed by atoms with Crippen LogP contribution in [0.5, 0.6) is 0 Å². The number of rotatable bonds is 2. The normalized spacial score (nSPS) is 26.9. The third-order valence-corrected chi connectivity index (χ3v) is 6.34. The fraction of sp³-hybridized carbons (Fsp3) is 0.647. The molecule has 0 unspecified atom stereocenters. The van der Waals surface area contributed by atoms with Crippen molar-refractivity contribution in [3.63, 3.8) is 0 Å². The Kier molecular flexibility index (Phi) is 4.49. The topological polar surface area (TPSA) is 62.7 Å². The molecule has 130 valence electrons. The zero-order valence-corrected chi connectivity index (χ0v) is 15.7. The summed E-state index contributed by atoms with van der Waals surface area (Å²) in [6.45, 7) is 4.84. The Morgan fingerprint density at radius 2 is 1.83 bits per heavy atom. The Hall–Kier alpha value is -1.18. The molecule has 0 bridgehead atoms. The number of nitrogens with two attached hydrogens (primary N) is 1. The van der Waals surface area contributed by atoms with Gasteiger partial charge < -0.3 is 10.6 Å². The number of piperazine rings is 1. The second-order valence-corrected chi connectivity index (χ2v) is 8.02. The molecule has 0 atom stereocenters. The maximum Gasteiger partial charge on any atom is 0.152 e. The van der Waals surface area contributed by atoms with Crippen molar-refractivity contribution < 1.29 is 0 Å². The van der Waals surface area contributed by atoms with E-state index in [1.807, 2.05) is 4.52 Å². The van der Waals surface area contributed by atoms with Gasteiger partial charge in [0.25, 0.3) is 0 Å². The molecule has 0 amide bonds. The van der Waals surface area contributed by atoms with Gasteiger partial charge in [0.2, 0.25) is 0 Å². The molecule has 2 N–H and O–H groups in total. The Morgan fingerprint density at radius 3 is 2.54 bits per heavy atom. The van der Waals surface area contributed by atoms with Crippen LogP contribution in [-0.4, -0.2) is 63.7 Å². The van der Waals surface area contributed by atoms with Crippen LogP contribution in [0.1, 0.15) is 37.3 Å². The lowest BCUT2D eigenvalue weighted by Gasteiger charge is -2.41. The predicted octanol–water partition coefficient (Wildman–Crippen LogP) is 2.35. The van der Waals surface area contributed by atoms with Crippen molar-refractivity contribution >= 4 is 27.3 Å². The number of aromatic nitrogens is 3. The van der Waals surface area contributed by atoms with Crippen molar-refractivity contribution in [3.8, 4) is 0 Å². The maximum atomic E-state index is 6.02. The summed E-state index contributed by atoms with van der Waals surface area (Å²) in [4.78, 5) is 9.24.